The van der Waals surface area contributed by atoms with Gasteiger partial charge in [-0.25, -0.2) is 4.98 Å². The molecule has 1 fully saturated rings. The molecule has 7 heteroatoms. The molecule has 0 saturated carbocycles. The number of hydrogen-bond donors (Lipinski definition) is 1. The Bertz CT molecular complexity index is 592. The minimum Gasteiger partial charge on any atom is -0.357 e. The van der Waals surface area contributed by atoms with Crippen LogP contribution in [0.15, 0.2) is 10.4 Å². The quantitative estimate of drug-likeness (QED) is 0.316. The molecule has 0 aliphatic carbocycles. The van der Waals surface area contributed by atoms with Gasteiger partial charge in [0, 0.05) is 49.9 Å². The van der Waals surface area contributed by atoms with Crippen LogP contribution in [0.25, 0.3) is 0 Å². The van der Waals surface area contributed by atoms with Gasteiger partial charge in [-0.05, 0) is 32.4 Å². The molecule has 1 aliphatic rings. The number of nitrogens with zero attached hydrogens (tertiary/aromatic N) is 4. The average Bonchev–Trinajstić information content (AvgIpc) is 3.28. The number of thiazole rings is 1. The maximum absolute atomic E-state index is 4.90. The second-order valence-electron chi connectivity index (χ2n) is 8.45. The lowest BCUT2D eigenvalue weighted by Crippen LogP contribution is -2.41. The molecule has 0 bridgehead atoms. The summed E-state index contributed by atoms with van der Waals surface area (Å²) in [5.74, 6) is 1.83. The van der Waals surface area contributed by atoms with E-state index < -0.39 is 0 Å². The summed E-state index contributed by atoms with van der Waals surface area (Å²) in [6.45, 7) is 20.8. The highest BCUT2D eigenvalue weighted by Crippen LogP contribution is 2.24. The van der Waals surface area contributed by atoms with Crippen molar-refractivity contribution >= 4 is 41.3 Å². The maximum Gasteiger partial charge on any atom is 0.193 e. The molecular weight excluding hydrogens is 481 g/mol. The second-order valence-corrected chi connectivity index (χ2v) is 9.39. The zero-order valence-electron chi connectivity index (χ0n) is 18.6. The molecule has 162 valence electrons. The lowest BCUT2D eigenvalue weighted by molar-refractivity contribution is 0.255. The number of aliphatic imine (C=N–C) groups is 1. The Kier molecular flexibility index (Phi) is 11.3. The lowest BCUT2D eigenvalue weighted by Gasteiger charge is -2.24. The van der Waals surface area contributed by atoms with Gasteiger partial charge in [-0.2, -0.15) is 0 Å². The largest absolute Gasteiger partial charge is 0.357 e. The Balaban J connectivity index is 0.00000392. The number of aromatic nitrogens is 1. The normalized spacial score (nSPS) is 17.9. The third kappa shape index (κ3) is 7.78. The fourth-order valence-corrected chi connectivity index (χ4v) is 4.49. The van der Waals surface area contributed by atoms with Gasteiger partial charge < -0.3 is 15.1 Å². The van der Waals surface area contributed by atoms with Gasteiger partial charge in [0.25, 0.3) is 0 Å². The minimum absolute atomic E-state index is 0. The highest BCUT2D eigenvalue weighted by atomic mass is 127. The van der Waals surface area contributed by atoms with E-state index in [2.05, 4.69) is 62.0 Å². The van der Waals surface area contributed by atoms with E-state index in [-0.39, 0.29) is 29.4 Å². The highest BCUT2D eigenvalue weighted by Gasteiger charge is 2.26. The Morgan fingerprint density at radius 2 is 2.04 bits per heavy atom. The van der Waals surface area contributed by atoms with Crippen molar-refractivity contribution in [3.63, 3.8) is 0 Å². The summed E-state index contributed by atoms with van der Waals surface area (Å²) in [6.07, 6.45) is 2.19. The fraction of sp³-hybridized carbons (Fsp3) is 0.810. The molecule has 1 aromatic rings. The second kappa shape index (κ2) is 12.3. The van der Waals surface area contributed by atoms with Crippen LogP contribution in [0.3, 0.4) is 0 Å². The molecule has 0 radical (unpaired) electrons. The first-order valence-electron chi connectivity index (χ1n) is 10.6. The number of guanidine groups is 1. The van der Waals surface area contributed by atoms with E-state index in [1.165, 1.54) is 23.7 Å². The molecule has 1 aliphatic heterocycles. The monoisotopic (exact) mass is 521 g/mol. The molecule has 28 heavy (non-hydrogen) atoms. The van der Waals surface area contributed by atoms with Gasteiger partial charge in [0.1, 0.15) is 0 Å². The summed E-state index contributed by atoms with van der Waals surface area (Å²) in [4.78, 5) is 14.7. The van der Waals surface area contributed by atoms with Crippen molar-refractivity contribution in [1.82, 2.24) is 20.1 Å². The number of halogens is 1. The van der Waals surface area contributed by atoms with E-state index in [0.717, 1.165) is 57.6 Å². The van der Waals surface area contributed by atoms with E-state index >= 15 is 0 Å². The molecular formula is C21H40IN5S. The van der Waals surface area contributed by atoms with Crippen LogP contribution in [-0.2, 0) is 11.8 Å². The lowest BCUT2D eigenvalue weighted by atomic mass is 9.93. The van der Waals surface area contributed by atoms with E-state index in [1.54, 1.807) is 11.3 Å². The first kappa shape index (κ1) is 25.6. The maximum atomic E-state index is 4.90. The minimum atomic E-state index is 0. The topological polar surface area (TPSA) is 43.8 Å². The predicted molar refractivity (Wildman–Crippen MR) is 133 cm³/mol. The van der Waals surface area contributed by atoms with E-state index in [0.29, 0.717) is 0 Å². The molecule has 0 spiro atoms. The molecule has 2 heterocycles. The van der Waals surface area contributed by atoms with Crippen molar-refractivity contribution in [2.24, 2.45) is 10.9 Å². The third-order valence-corrected chi connectivity index (χ3v) is 6.15. The van der Waals surface area contributed by atoms with Crippen LogP contribution in [0.4, 0.5) is 0 Å². The Hall–Kier alpha value is -0.410. The van der Waals surface area contributed by atoms with Crippen molar-refractivity contribution < 1.29 is 0 Å². The van der Waals surface area contributed by atoms with Gasteiger partial charge in [0.15, 0.2) is 5.96 Å². The number of likely N-dealkylation sites (tertiary alicyclic amines) is 1. The molecule has 5 nitrogen and oxygen atoms in total. The molecule has 0 amide bonds. The van der Waals surface area contributed by atoms with Gasteiger partial charge in [-0.3, -0.25) is 4.99 Å². The van der Waals surface area contributed by atoms with Gasteiger partial charge in [0.05, 0.1) is 10.7 Å². The van der Waals surface area contributed by atoms with E-state index in [4.69, 9.17) is 9.98 Å². The SMILES string of the molecule is CCNC(=NCCc1nc(C(C)(C)C)cs1)N1CCC(CN(CC)CC)C1.I. The number of nitrogens with one attached hydrogen (secondary N) is 1. The van der Waals surface area contributed by atoms with Crippen LogP contribution >= 0.6 is 35.3 Å². The molecule has 1 unspecified atom stereocenters. The van der Waals surface area contributed by atoms with Crippen molar-refractivity contribution in [3.05, 3.63) is 16.1 Å². The van der Waals surface area contributed by atoms with Gasteiger partial charge in [0.2, 0.25) is 0 Å². The molecule has 0 aromatic carbocycles. The summed E-state index contributed by atoms with van der Waals surface area (Å²) in [6, 6.07) is 0. The summed E-state index contributed by atoms with van der Waals surface area (Å²) in [5, 5.41) is 6.88. The first-order chi connectivity index (χ1) is 12.9. The predicted octanol–water partition coefficient (Wildman–Crippen LogP) is 4.23. The van der Waals surface area contributed by atoms with Crippen molar-refractivity contribution in [1.29, 1.82) is 0 Å². The Morgan fingerprint density at radius 1 is 1.32 bits per heavy atom. The van der Waals surface area contributed by atoms with Crippen LogP contribution in [0, 0.1) is 5.92 Å². The Labute approximate surface area is 193 Å². The van der Waals surface area contributed by atoms with Gasteiger partial charge in [-0.15, -0.1) is 35.3 Å². The number of rotatable bonds is 8. The first-order valence-corrected chi connectivity index (χ1v) is 11.5. The van der Waals surface area contributed by atoms with Gasteiger partial charge >= 0.3 is 0 Å². The third-order valence-electron chi connectivity index (χ3n) is 5.24. The van der Waals surface area contributed by atoms with Crippen LogP contribution < -0.4 is 5.32 Å². The fourth-order valence-electron chi connectivity index (χ4n) is 3.47. The average molecular weight is 522 g/mol. The smallest absolute Gasteiger partial charge is 0.193 e. The van der Waals surface area contributed by atoms with Crippen LogP contribution in [0.1, 0.15) is 58.7 Å². The van der Waals surface area contributed by atoms with Crippen LogP contribution in [0.5, 0.6) is 0 Å². The molecule has 1 N–H and O–H groups in total. The van der Waals surface area contributed by atoms with Gasteiger partial charge in [-0.1, -0.05) is 34.6 Å². The highest BCUT2D eigenvalue weighted by molar-refractivity contribution is 14.0. The summed E-state index contributed by atoms with van der Waals surface area (Å²) in [5.41, 5.74) is 1.32. The molecule has 1 atom stereocenters. The van der Waals surface area contributed by atoms with Crippen molar-refractivity contribution in [3.8, 4) is 0 Å². The van der Waals surface area contributed by atoms with E-state index in [1.807, 2.05) is 0 Å². The molecule has 1 aromatic heterocycles. The standard InChI is InChI=1S/C21H39N5S.HI/c1-7-22-20(26-13-11-17(15-26)14-25(8-2)9-3)23-12-10-19-24-18(16-27-19)21(4,5)6;/h16-17H,7-15H2,1-6H3,(H,22,23);1H. The molecule has 1 saturated heterocycles. The zero-order valence-corrected chi connectivity index (χ0v) is 21.8. The summed E-state index contributed by atoms with van der Waals surface area (Å²) >= 11 is 1.77. The zero-order chi connectivity index (χ0) is 19.9. The summed E-state index contributed by atoms with van der Waals surface area (Å²) < 4.78 is 0. The summed E-state index contributed by atoms with van der Waals surface area (Å²) in [7, 11) is 0. The van der Waals surface area contributed by atoms with Crippen molar-refractivity contribution in [2.75, 3.05) is 45.8 Å². The van der Waals surface area contributed by atoms with Crippen LogP contribution in [-0.4, -0.2) is 66.6 Å². The Morgan fingerprint density at radius 3 is 2.61 bits per heavy atom. The van der Waals surface area contributed by atoms with E-state index in [9.17, 15) is 0 Å². The van der Waals surface area contributed by atoms with Crippen LogP contribution in [0.2, 0.25) is 0 Å². The number of hydrogen-bond acceptors (Lipinski definition) is 4. The van der Waals surface area contributed by atoms with Crippen molar-refractivity contribution in [2.45, 2.75) is 59.8 Å². The molecule has 2 rings (SSSR count).